The molecule has 32 heavy (non-hydrogen) atoms. The second-order valence-corrected chi connectivity index (χ2v) is 6.99. The quantitative estimate of drug-likeness (QED) is 0.346. The van der Waals surface area contributed by atoms with Crippen molar-refractivity contribution in [3.8, 4) is 0 Å². The first-order valence-electron chi connectivity index (χ1n) is 8.98. The largest absolute Gasteiger partial charge is 0.281 e. The van der Waals surface area contributed by atoms with Crippen LogP contribution in [0.15, 0.2) is 48.5 Å². The van der Waals surface area contributed by atoms with E-state index < -0.39 is 44.9 Å². The fourth-order valence-electron chi connectivity index (χ4n) is 3.89. The molecule has 2 heterocycles. The minimum atomic E-state index is -1.14. The van der Waals surface area contributed by atoms with Crippen molar-refractivity contribution in [2.24, 2.45) is 0 Å². The van der Waals surface area contributed by atoms with Crippen LogP contribution in [0.25, 0.3) is 10.8 Å². The van der Waals surface area contributed by atoms with Gasteiger partial charge in [0.2, 0.25) is 0 Å². The topological polar surface area (TPSA) is 161 Å². The summed E-state index contributed by atoms with van der Waals surface area (Å²) in [6, 6.07) is 9.50. The van der Waals surface area contributed by atoms with E-state index in [0.29, 0.717) is 5.01 Å². The van der Waals surface area contributed by atoms with Crippen molar-refractivity contribution >= 4 is 45.8 Å². The van der Waals surface area contributed by atoms with Crippen LogP contribution >= 0.6 is 0 Å². The molecular formula is C20H8N4O8. The summed E-state index contributed by atoms with van der Waals surface area (Å²) in [5.41, 5.74) is -1.85. The standard InChI is InChI=1S/C20H8N4O8/c25-17-12-3-1-2-4-13(12)18(26)21(17)22-19(27)14-7-10(23(29)30)5-9-6-11(24(31)32)8-15(16(9)14)20(22)28/h1-8H. The van der Waals surface area contributed by atoms with Crippen molar-refractivity contribution in [3.63, 3.8) is 0 Å². The molecule has 3 aromatic rings. The second-order valence-electron chi connectivity index (χ2n) is 6.99. The first-order valence-corrected chi connectivity index (χ1v) is 8.98. The molecule has 2 aliphatic heterocycles. The maximum Gasteiger partial charge on any atom is 0.281 e. The lowest BCUT2D eigenvalue weighted by molar-refractivity contribution is -0.385. The molecule has 0 saturated heterocycles. The van der Waals surface area contributed by atoms with Crippen molar-refractivity contribution < 1.29 is 29.0 Å². The lowest BCUT2D eigenvalue weighted by Gasteiger charge is -2.31. The van der Waals surface area contributed by atoms with Gasteiger partial charge in [-0.3, -0.25) is 39.4 Å². The van der Waals surface area contributed by atoms with Crippen LogP contribution in [0.3, 0.4) is 0 Å². The summed E-state index contributed by atoms with van der Waals surface area (Å²) in [6.07, 6.45) is 0. The van der Waals surface area contributed by atoms with Gasteiger partial charge in [-0.25, -0.2) is 0 Å². The van der Waals surface area contributed by atoms with Gasteiger partial charge < -0.3 is 0 Å². The third-order valence-electron chi connectivity index (χ3n) is 5.26. The van der Waals surface area contributed by atoms with Crippen molar-refractivity contribution in [3.05, 3.63) is 91.0 Å². The van der Waals surface area contributed by atoms with E-state index in [9.17, 15) is 39.4 Å². The Morgan fingerprint density at radius 1 is 0.594 bits per heavy atom. The fraction of sp³-hybridized carbons (Fsp3) is 0. The number of carbonyl (C=O) groups is 4. The van der Waals surface area contributed by atoms with Gasteiger partial charge in [-0.05, 0) is 17.5 Å². The van der Waals surface area contributed by atoms with Gasteiger partial charge in [-0.1, -0.05) is 12.1 Å². The number of hydrazine groups is 1. The maximum absolute atomic E-state index is 13.2. The highest BCUT2D eigenvalue weighted by molar-refractivity contribution is 6.30. The Bertz CT molecular complexity index is 1370. The van der Waals surface area contributed by atoms with E-state index in [2.05, 4.69) is 0 Å². The summed E-state index contributed by atoms with van der Waals surface area (Å²) in [6.45, 7) is 0. The molecule has 5 rings (SSSR count). The average molecular weight is 432 g/mol. The number of nitro groups is 2. The summed E-state index contributed by atoms with van der Waals surface area (Å²) in [4.78, 5) is 73.3. The Morgan fingerprint density at radius 3 is 1.34 bits per heavy atom. The van der Waals surface area contributed by atoms with Gasteiger partial charge in [0.1, 0.15) is 0 Å². The molecule has 0 saturated carbocycles. The molecule has 2 aliphatic rings. The second kappa shape index (κ2) is 6.25. The van der Waals surface area contributed by atoms with Crippen molar-refractivity contribution in [1.82, 2.24) is 10.0 Å². The van der Waals surface area contributed by atoms with E-state index in [1.807, 2.05) is 0 Å². The molecule has 156 valence electrons. The first-order chi connectivity index (χ1) is 15.2. The van der Waals surface area contributed by atoms with E-state index in [1.165, 1.54) is 24.3 Å². The van der Waals surface area contributed by atoms with E-state index >= 15 is 0 Å². The summed E-state index contributed by atoms with van der Waals surface area (Å²) in [5.74, 6) is -4.16. The van der Waals surface area contributed by atoms with Gasteiger partial charge in [0.05, 0.1) is 32.1 Å². The molecule has 12 nitrogen and oxygen atoms in total. The van der Waals surface area contributed by atoms with Crippen LogP contribution in [0.2, 0.25) is 0 Å². The van der Waals surface area contributed by atoms with Gasteiger partial charge in [0.25, 0.3) is 35.0 Å². The zero-order chi connectivity index (χ0) is 22.9. The van der Waals surface area contributed by atoms with Crippen LogP contribution in [0.4, 0.5) is 11.4 Å². The molecule has 0 aromatic heterocycles. The molecule has 0 aliphatic carbocycles. The number of hydrogen-bond donors (Lipinski definition) is 0. The SMILES string of the molecule is O=C1c2ccccc2C(=O)N1N1C(=O)c2cc([N+](=O)[O-])cc3cc([N+](=O)[O-])cc(c23)C1=O. The number of carbonyl (C=O) groups excluding carboxylic acids is 4. The number of hydrogen-bond acceptors (Lipinski definition) is 8. The number of nitrogens with zero attached hydrogens (tertiary/aromatic N) is 4. The fourth-order valence-corrected chi connectivity index (χ4v) is 3.89. The zero-order valence-corrected chi connectivity index (χ0v) is 15.7. The monoisotopic (exact) mass is 432 g/mol. The van der Waals surface area contributed by atoms with Crippen LogP contribution in [0.5, 0.6) is 0 Å². The maximum atomic E-state index is 13.2. The summed E-state index contributed by atoms with van der Waals surface area (Å²) < 4.78 is 0. The number of rotatable bonds is 3. The first kappa shape index (κ1) is 19.0. The molecule has 0 spiro atoms. The summed E-state index contributed by atoms with van der Waals surface area (Å²) in [7, 11) is 0. The van der Waals surface area contributed by atoms with Crippen LogP contribution < -0.4 is 0 Å². The molecule has 0 radical (unpaired) electrons. The molecule has 0 N–H and O–H groups in total. The Hall–Kier alpha value is -5.00. The van der Waals surface area contributed by atoms with Crippen molar-refractivity contribution in [1.29, 1.82) is 0 Å². The Kier molecular flexibility index (Phi) is 3.71. The van der Waals surface area contributed by atoms with Crippen LogP contribution in [-0.4, -0.2) is 43.5 Å². The zero-order valence-electron chi connectivity index (χ0n) is 15.7. The van der Waals surface area contributed by atoms with E-state index in [4.69, 9.17) is 0 Å². The van der Waals surface area contributed by atoms with Gasteiger partial charge in [-0.2, -0.15) is 10.0 Å². The number of amides is 4. The minimum Gasteiger partial charge on any atom is -0.267 e. The van der Waals surface area contributed by atoms with E-state index in [0.717, 1.165) is 24.3 Å². The predicted octanol–water partition coefficient (Wildman–Crippen LogP) is 2.46. The molecule has 3 aromatic carbocycles. The van der Waals surface area contributed by atoms with Gasteiger partial charge in [0.15, 0.2) is 0 Å². The number of benzene rings is 3. The smallest absolute Gasteiger partial charge is 0.267 e. The Labute approximate surface area is 176 Å². The van der Waals surface area contributed by atoms with Gasteiger partial charge >= 0.3 is 0 Å². The lowest BCUT2D eigenvalue weighted by Crippen LogP contribution is -2.54. The lowest BCUT2D eigenvalue weighted by atomic mass is 9.93. The molecule has 0 atom stereocenters. The minimum absolute atomic E-state index is 0.0351. The summed E-state index contributed by atoms with van der Waals surface area (Å²) >= 11 is 0. The molecule has 12 heteroatoms. The molecular weight excluding hydrogens is 424 g/mol. The predicted molar refractivity (Wildman–Crippen MR) is 105 cm³/mol. The highest BCUT2D eigenvalue weighted by atomic mass is 16.6. The normalized spacial score (nSPS) is 14.9. The van der Waals surface area contributed by atoms with E-state index in [1.54, 1.807) is 0 Å². The molecule has 0 fully saturated rings. The van der Waals surface area contributed by atoms with Crippen LogP contribution in [0.1, 0.15) is 41.4 Å². The highest BCUT2D eigenvalue weighted by Gasteiger charge is 2.47. The average Bonchev–Trinajstić information content (AvgIpc) is 3.02. The third-order valence-corrected chi connectivity index (χ3v) is 5.26. The Balaban J connectivity index is 1.77. The molecule has 4 amide bonds. The highest BCUT2D eigenvalue weighted by Crippen LogP contribution is 2.38. The number of nitro benzene ring substituents is 2. The van der Waals surface area contributed by atoms with Crippen LogP contribution in [-0.2, 0) is 0 Å². The van der Waals surface area contributed by atoms with E-state index in [-0.39, 0.29) is 38.0 Å². The number of fused-ring (bicyclic) bond motifs is 1. The van der Waals surface area contributed by atoms with Crippen molar-refractivity contribution in [2.45, 2.75) is 0 Å². The van der Waals surface area contributed by atoms with Crippen LogP contribution in [0, 0.1) is 20.2 Å². The molecule has 0 unspecified atom stereocenters. The van der Waals surface area contributed by atoms with Gasteiger partial charge in [-0.15, -0.1) is 0 Å². The number of imide groups is 2. The number of non-ortho nitro benzene ring substituents is 2. The third kappa shape index (κ3) is 2.37. The van der Waals surface area contributed by atoms with Crippen molar-refractivity contribution in [2.75, 3.05) is 0 Å². The van der Waals surface area contributed by atoms with Gasteiger partial charge in [0, 0.05) is 29.7 Å². The molecule has 0 bridgehead atoms. The summed E-state index contributed by atoms with van der Waals surface area (Å²) in [5, 5.41) is 23.2. The Morgan fingerprint density at radius 2 is 0.969 bits per heavy atom.